The zero-order chi connectivity index (χ0) is 11.9. The molecule has 1 aromatic carbocycles. The van der Waals surface area contributed by atoms with Crippen LogP contribution in [0.1, 0.15) is 37.3 Å². The Hall–Kier alpha value is -1.22. The molecular formula is C14H19NO2. The third kappa shape index (κ3) is 1.69. The van der Waals surface area contributed by atoms with Crippen molar-refractivity contribution in [2.24, 2.45) is 5.73 Å². The van der Waals surface area contributed by atoms with Crippen molar-refractivity contribution in [3.8, 4) is 11.5 Å². The fourth-order valence-corrected chi connectivity index (χ4v) is 2.71. The van der Waals surface area contributed by atoms with Gasteiger partial charge in [0, 0.05) is 5.54 Å². The fourth-order valence-electron chi connectivity index (χ4n) is 2.71. The summed E-state index contributed by atoms with van der Waals surface area (Å²) in [5.74, 6) is 1.74. The van der Waals surface area contributed by atoms with E-state index in [1.54, 1.807) is 0 Å². The zero-order valence-corrected chi connectivity index (χ0v) is 10.3. The van der Waals surface area contributed by atoms with E-state index in [2.05, 4.69) is 19.1 Å². The molecule has 2 N–H and O–H groups in total. The van der Waals surface area contributed by atoms with Crippen molar-refractivity contribution in [2.75, 3.05) is 13.2 Å². The molecule has 0 saturated heterocycles. The van der Waals surface area contributed by atoms with Gasteiger partial charge in [0.1, 0.15) is 13.2 Å². The number of rotatable bonds is 2. The Morgan fingerprint density at radius 3 is 2.35 bits per heavy atom. The number of hydrogen-bond donors (Lipinski definition) is 1. The van der Waals surface area contributed by atoms with E-state index in [1.165, 1.54) is 17.5 Å². The molecule has 1 aliphatic heterocycles. The van der Waals surface area contributed by atoms with Crippen LogP contribution in [0.5, 0.6) is 11.5 Å². The molecule has 3 heteroatoms. The summed E-state index contributed by atoms with van der Waals surface area (Å²) in [6, 6.07) is 4.21. The second-order valence-corrected chi connectivity index (χ2v) is 5.02. The smallest absolute Gasteiger partial charge is 0.161 e. The minimum Gasteiger partial charge on any atom is -0.486 e. The summed E-state index contributed by atoms with van der Waals surface area (Å²) < 4.78 is 11.3. The lowest BCUT2D eigenvalue weighted by Crippen LogP contribution is -2.44. The van der Waals surface area contributed by atoms with Gasteiger partial charge in [0.2, 0.25) is 0 Å². The van der Waals surface area contributed by atoms with Crippen LogP contribution < -0.4 is 15.2 Å². The molecule has 2 aliphatic rings. The number of benzene rings is 1. The van der Waals surface area contributed by atoms with Gasteiger partial charge in [-0.3, -0.25) is 0 Å². The Balaban J connectivity index is 2.07. The lowest BCUT2D eigenvalue weighted by atomic mass is 9.71. The highest BCUT2D eigenvalue weighted by atomic mass is 16.6. The van der Waals surface area contributed by atoms with Crippen LogP contribution in [0.4, 0.5) is 0 Å². The molecule has 17 heavy (non-hydrogen) atoms. The number of ether oxygens (including phenoxy) is 2. The van der Waals surface area contributed by atoms with Crippen molar-refractivity contribution in [1.29, 1.82) is 0 Å². The maximum absolute atomic E-state index is 6.44. The molecule has 1 saturated carbocycles. The number of aryl methyl sites for hydroxylation is 1. The summed E-state index contributed by atoms with van der Waals surface area (Å²) in [6.07, 6.45) is 4.39. The maximum atomic E-state index is 6.44. The van der Waals surface area contributed by atoms with E-state index < -0.39 is 0 Å². The van der Waals surface area contributed by atoms with Crippen molar-refractivity contribution >= 4 is 0 Å². The molecule has 0 bridgehead atoms. The topological polar surface area (TPSA) is 44.5 Å². The van der Waals surface area contributed by atoms with E-state index in [4.69, 9.17) is 15.2 Å². The molecule has 1 aromatic rings. The summed E-state index contributed by atoms with van der Waals surface area (Å²) in [7, 11) is 0. The van der Waals surface area contributed by atoms with Crippen molar-refractivity contribution in [3.63, 3.8) is 0 Å². The van der Waals surface area contributed by atoms with E-state index >= 15 is 0 Å². The standard InChI is InChI=1S/C14H19NO2/c1-2-10-8-12-13(17-7-6-16-12)9-11(10)14(15)4-3-5-14/h8-9H,2-7,15H2,1H3. The van der Waals surface area contributed by atoms with Crippen LogP contribution in [-0.2, 0) is 12.0 Å². The minimum atomic E-state index is -0.124. The summed E-state index contributed by atoms with van der Waals surface area (Å²) in [5.41, 5.74) is 8.88. The van der Waals surface area contributed by atoms with Crippen molar-refractivity contribution < 1.29 is 9.47 Å². The molecule has 0 amide bonds. The van der Waals surface area contributed by atoms with Gasteiger partial charge in [0.15, 0.2) is 11.5 Å². The molecular weight excluding hydrogens is 214 g/mol. The summed E-state index contributed by atoms with van der Waals surface area (Å²) in [4.78, 5) is 0. The van der Waals surface area contributed by atoms with Gasteiger partial charge in [-0.15, -0.1) is 0 Å². The Bertz CT molecular complexity index is 438. The van der Waals surface area contributed by atoms with E-state index in [-0.39, 0.29) is 5.54 Å². The van der Waals surface area contributed by atoms with E-state index in [9.17, 15) is 0 Å². The lowest BCUT2D eigenvalue weighted by Gasteiger charge is -2.40. The molecule has 3 rings (SSSR count). The quantitative estimate of drug-likeness (QED) is 0.852. The number of nitrogens with two attached hydrogens (primary N) is 1. The Morgan fingerprint density at radius 1 is 1.18 bits per heavy atom. The molecule has 1 aliphatic carbocycles. The molecule has 0 radical (unpaired) electrons. The summed E-state index contributed by atoms with van der Waals surface area (Å²) in [6.45, 7) is 3.44. The average Bonchev–Trinajstić information content (AvgIpc) is 2.34. The van der Waals surface area contributed by atoms with Crippen LogP contribution >= 0.6 is 0 Å². The first-order chi connectivity index (χ1) is 8.23. The highest BCUT2D eigenvalue weighted by Gasteiger charge is 2.36. The largest absolute Gasteiger partial charge is 0.486 e. The monoisotopic (exact) mass is 233 g/mol. The third-order valence-corrected chi connectivity index (χ3v) is 3.93. The lowest BCUT2D eigenvalue weighted by molar-refractivity contribution is 0.169. The highest BCUT2D eigenvalue weighted by molar-refractivity contribution is 5.51. The fraction of sp³-hybridized carbons (Fsp3) is 0.571. The summed E-state index contributed by atoms with van der Waals surface area (Å²) >= 11 is 0. The van der Waals surface area contributed by atoms with Crippen LogP contribution in [-0.4, -0.2) is 13.2 Å². The van der Waals surface area contributed by atoms with Crippen molar-refractivity contribution in [1.82, 2.24) is 0 Å². The molecule has 1 fully saturated rings. The average molecular weight is 233 g/mol. The molecule has 0 unspecified atom stereocenters. The molecule has 0 spiro atoms. The van der Waals surface area contributed by atoms with Gasteiger partial charge in [-0.25, -0.2) is 0 Å². The van der Waals surface area contributed by atoms with E-state index in [0.29, 0.717) is 13.2 Å². The molecule has 92 valence electrons. The first-order valence-electron chi connectivity index (χ1n) is 6.45. The second-order valence-electron chi connectivity index (χ2n) is 5.02. The Kier molecular flexibility index (Phi) is 2.51. The molecule has 0 aromatic heterocycles. The maximum Gasteiger partial charge on any atom is 0.161 e. The van der Waals surface area contributed by atoms with Crippen molar-refractivity contribution in [3.05, 3.63) is 23.3 Å². The van der Waals surface area contributed by atoms with Crippen molar-refractivity contribution in [2.45, 2.75) is 38.1 Å². The minimum absolute atomic E-state index is 0.124. The van der Waals surface area contributed by atoms with Gasteiger partial charge in [-0.2, -0.15) is 0 Å². The third-order valence-electron chi connectivity index (χ3n) is 3.93. The summed E-state index contributed by atoms with van der Waals surface area (Å²) in [5, 5.41) is 0. The Morgan fingerprint density at radius 2 is 1.82 bits per heavy atom. The van der Waals surface area contributed by atoms with E-state index in [1.807, 2.05) is 0 Å². The predicted molar refractivity (Wildman–Crippen MR) is 66.5 cm³/mol. The SMILES string of the molecule is CCc1cc2c(cc1C1(N)CCC1)OCCO2. The predicted octanol–water partition coefficient (Wildman–Crippen LogP) is 2.36. The van der Waals surface area contributed by atoms with Gasteiger partial charge < -0.3 is 15.2 Å². The van der Waals surface area contributed by atoms with E-state index in [0.717, 1.165) is 30.8 Å². The van der Waals surface area contributed by atoms with Crippen LogP contribution in [0, 0.1) is 0 Å². The first-order valence-corrected chi connectivity index (χ1v) is 6.45. The number of hydrogen-bond acceptors (Lipinski definition) is 3. The van der Waals surface area contributed by atoms with Gasteiger partial charge in [-0.05, 0) is 48.9 Å². The van der Waals surface area contributed by atoms with Gasteiger partial charge in [0.25, 0.3) is 0 Å². The normalized spacial score (nSPS) is 20.8. The van der Waals surface area contributed by atoms with Gasteiger partial charge >= 0.3 is 0 Å². The van der Waals surface area contributed by atoms with Gasteiger partial charge in [-0.1, -0.05) is 6.92 Å². The molecule has 1 heterocycles. The van der Waals surface area contributed by atoms with Crippen LogP contribution in [0.15, 0.2) is 12.1 Å². The Labute approximate surface area is 102 Å². The highest BCUT2D eigenvalue weighted by Crippen LogP contribution is 2.44. The zero-order valence-electron chi connectivity index (χ0n) is 10.3. The molecule has 3 nitrogen and oxygen atoms in total. The number of fused-ring (bicyclic) bond motifs is 1. The van der Waals surface area contributed by atoms with Crippen LogP contribution in [0.25, 0.3) is 0 Å². The van der Waals surface area contributed by atoms with Crippen LogP contribution in [0.2, 0.25) is 0 Å². The second kappa shape index (κ2) is 3.91. The first kappa shape index (κ1) is 10.9. The molecule has 0 atom stereocenters. The van der Waals surface area contributed by atoms with Crippen LogP contribution in [0.3, 0.4) is 0 Å². The van der Waals surface area contributed by atoms with Gasteiger partial charge in [0.05, 0.1) is 0 Å².